The molecule has 1 atom stereocenters. The molecule has 1 rings (SSSR count). The van der Waals surface area contributed by atoms with E-state index < -0.39 is 0 Å². The van der Waals surface area contributed by atoms with Crippen LogP contribution in [0.15, 0.2) is 0 Å². The van der Waals surface area contributed by atoms with Crippen LogP contribution in [-0.2, 0) is 4.79 Å². The van der Waals surface area contributed by atoms with Crippen molar-refractivity contribution in [2.75, 3.05) is 18.6 Å². The van der Waals surface area contributed by atoms with Gasteiger partial charge in [-0.25, -0.2) is 0 Å². The molecule has 0 aromatic rings. The predicted octanol–water partition coefficient (Wildman–Crippen LogP) is 1.80. The van der Waals surface area contributed by atoms with Crippen molar-refractivity contribution in [3.05, 3.63) is 0 Å². The van der Waals surface area contributed by atoms with Gasteiger partial charge in [0.25, 0.3) is 0 Å². The Hall–Kier alpha value is -0.220. The van der Waals surface area contributed by atoms with Crippen LogP contribution >= 0.6 is 11.8 Å². The van der Waals surface area contributed by atoms with Crippen LogP contribution in [0.3, 0.4) is 0 Å². The Bertz CT molecular complexity index is 205. The summed E-state index contributed by atoms with van der Waals surface area (Å²) in [6, 6.07) is 0. The number of rotatable bonds is 6. The predicted molar refractivity (Wildman–Crippen MR) is 68.6 cm³/mol. The zero-order valence-electron chi connectivity index (χ0n) is 10.1. The van der Waals surface area contributed by atoms with E-state index in [-0.39, 0.29) is 17.9 Å². The zero-order valence-corrected chi connectivity index (χ0v) is 10.9. The first-order chi connectivity index (χ1) is 7.74. The monoisotopic (exact) mass is 245 g/mol. The molecule has 0 spiro atoms. The van der Waals surface area contributed by atoms with E-state index in [1.54, 1.807) is 11.8 Å². The third-order valence-corrected chi connectivity index (χ3v) is 3.79. The molecule has 0 bridgehead atoms. The van der Waals surface area contributed by atoms with Gasteiger partial charge in [0.1, 0.15) is 0 Å². The quantitative estimate of drug-likeness (QED) is 0.750. The van der Waals surface area contributed by atoms with Crippen molar-refractivity contribution < 1.29 is 9.90 Å². The number of nitrogens with one attached hydrogen (secondary N) is 1. The lowest BCUT2D eigenvalue weighted by molar-refractivity contribution is -0.126. The summed E-state index contributed by atoms with van der Waals surface area (Å²) in [6.45, 7) is 0.413. The van der Waals surface area contributed by atoms with Crippen molar-refractivity contribution in [3.63, 3.8) is 0 Å². The molecule has 1 unspecified atom stereocenters. The lowest BCUT2D eigenvalue weighted by Crippen LogP contribution is -2.37. The van der Waals surface area contributed by atoms with Crippen LogP contribution in [0.1, 0.15) is 38.5 Å². The van der Waals surface area contributed by atoms with Crippen molar-refractivity contribution in [3.8, 4) is 0 Å². The Morgan fingerprint density at radius 2 is 2.12 bits per heavy atom. The molecule has 1 saturated carbocycles. The Morgan fingerprint density at radius 1 is 1.44 bits per heavy atom. The topological polar surface area (TPSA) is 49.3 Å². The molecule has 1 aliphatic rings. The summed E-state index contributed by atoms with van der Waals surface area (Å²) < 4.78 is 0. The molecular formula is C12H23NO2S. The summed E-state index contributed by atoms with van der Waals surface area (Å²) >= 11 is 1.72. The number of aliphatic hydroxyl groups excluding tert-OH is 1. The summed E-state index contributed by atoms with van der Waals surface area (Å²) in [7, 11) is 0. The average Bonchev–Trinajstić information content (AvgIpc) is 2.34. The first-order valence-electron chi connectivity index (χ1n) is 6.18. The van der Waals surface area contributed by atoms with Crippen LogP contribution in [0.25, 0.3) is 0 Å². The molecule has 1 amide bonds. The number of carbonyl (C=O) groups is 1. The fourth-order valence-electron chi connectivity index (χ4n) is 2.08. The molecule has 3 nitrogen and oxygen atoms in total. The van der Waals surface area contributed by atoms with Crippen LogP contribution in [0.5, 0.6) is 0 Å². The molecule has 0 saturated heterocycles. The van der Waals surface area contributed by atoms with Gasteiger partial charge in [0.15, 0.2) is 0 Å². The minimum atomic E-state index is -0.389. The third-order valence-electron chi connectivity index (χ3n) is 3.14. The van der Waals surface area contributed by atoms with Crippen molar-refractivity contribution in [1.29, 1.82) is 0 Å². The molecule has 2 N–H and O–H groups in total. The first-order valence-corrected chi connectivity index (χ1v) is 7.58. The van der Waals surface area contributed by atoms with Gasteiger partial charge in [-0.1, -0.05) is 19.3 Å². The van der Waals surface area contributed by atoms with Crippen LogP contribution in [0.2, 0.25) is 0 Å². The minimum Gasteiger partial charge on any atom is -0.391 e. The highest BCUT2D eigenvalue weighted by molar-refractivity contribution is 7.98. The van der Waals surface area contributed by atoms with Gasteiger partial charge in [0, 0.05) is 12.5 Å². The van der Waals surface area contributed by atoms with Gasteiger partial charge in [-0.15, -0.1) is 0 Å². The SMILES string of the molecule is CSCCC(O)CNC(=O)C1CCCCC1. The zero-order chi connectivity index (χ0) is 11.8. The van der Waals surface area contributed by atoms with Gasteiger partial charge < -0.3 is 10.4 Å². The van der Waals surface area contributed by atoms with E-state index in [4.69, 9.17) is 0 Å². The molecule has 0 radical (unpaired) electrons. The molecule has 16 heavy (non-hydrogen) atoms. The minimum absolute atomic E-state index is 0.142. The molecule has 0 aliphatic heterocycles. The number of hydrogen-bond donors (Lipinski definition) is 2. The maximum absolute atomic E-state index is 11.7. The lowest BCUT2D eigenvalue weighted by atomic mass is 9.88. The van der Waals surface area contributed by atoms with E-state index in [0.717, 1.165) is 25.0 Å². The van der Waals surface area contributed by atoms with Crippen LogP contribution < -0.4 is 5.32 Å². The number of thioether (sulfide) groups is 1. The number of aliphatic hydroxyl groups is 1. The summed E-state index contributed by atoms with van der Waals surface area (Å²) in [4.78, 5) is 11.7. The molecular weight excluding hydrogens is 222 g/mol. The standard InChI is InChI=1S/C12H23NO2S/c1-16-8-7-11(14)9-13-12(15)10-5-3-2-4-6-10/h10-11,14H,2-9H2,1H3,(H,13,15). The molecule has 1 fully saturated rings. The summed E-state index contributed by atoms with van der Waals surface area (Å²) in [6.07, 6.45) is 8.04. The highest BCUT2D eigenvalue weighted by Gasteiger charge is 2.21. The summed E-state index contributed by atoms with van der Waals surface area (Å²) in [5.74, 6) is 1.28. The largest absolute Gasteiger partial charge is 0.391 e. The second kappa shape index (κ2) is 7.96. The molecule has 0 heterocycles. The fraction of sp³-hybridized carbons (Fsp3) is 0.917. The average molecular weight is 245 g/mol. The van der Waals surface area contributed by atoms with Crippen LogP contribution in [0.4, 0.5) is 0 Å². The van der Waals surface area contributed by atoms with E-state index in [1.807, 2.05) is 6.26 Å². The summed E-state index contributed by atoms with van der Waals surface area (Å²) in [5.41, 5.74) is 0. The molecule has 4 heteroatoms. The Morgan fingerprint density at radius 3 is 2.75 bits per heavy atom. The van der Waals surface area contributed by atoms with Gasteiger partial charge in [-0.2, -0.15) is 11.8 Å². The second-order valence-corrected chi connectivity index (χ2v) is 5.50. The molecule has 94 valence electrons. The van der Waals surface area contributed by atoms with E-state index >= 15 is 0 Å². The van der Waals surface area contributed by atoms with E-state index in [1.165, 1.54) is 19.3 Å². The number of carbonyl (C=O) groups excluding carboxylic acids is 1. The fourth-order valence-corrected chi connectivity index (χ4v) is 2.59. The van der Waals surface area contributed by atoms with Crippen LogP contribution in [0, 0.1) is 5.92 Å². The van der Waals surface area contributed by atoms with E-state index in [2.05, 4.69) is 5.32 Å². The van der Waals surface area contributed by atoms with Gasteiger partial charge >= 0.3 is 0 Å². The van der Waals surface area contributed by atoms with E-state index in [9.17, 15) is 9.90 Å². The van der Waals surface area contributed by atoms with Gasteiger partial charge in [-0.05, 0) is 31.3 Å². The summed E-state index contributed by atoms with van der Waals surface area (Å²) in [5, 5.41) is 12.5. The molecule has 0 aromatic heterocycles. The Kier molecular flexibility index (Phi) is 6.88. The maximum atomic E-state index is 11.7. The van der Waals surface area contributed by atoms with Crippen molar-refractivity contribution in [1.82, 2.24) is 5.32 Å². The highest BCUT2D eigenvalue weighted by atomic mass is 32.2. The highest BCUT2D eigenvalue weighted by Crippen LogP contribution is 2.23. The van der Waals surface area contributed by atoms with Gasteiger partial charge in [0.05, 0.1) is 6.10 Å². The van der Waals surface area contributed by atoms with E-state index in [0.29, 0.717) is 6.54 Å². The van der Waals surface area contributed by atoms with Gasteiger partial charge in [-0.3, -0.25) is 4.79 Å². The molecule has 1 aliphatic carbocycles. The second-order valence-electron chi connectivity index (χ2n) is 4.52. The normalized spacial score (nSPS) is 19.4. The molecule has 0 aromatic carbocycles. The third kappa shape index (κ3) is 5.21. The smallest absolute Gasteiger partial charge is 0.223 e. The van der Waals surface area contributed by atoms with Crippen molar-refractivity contribution >= 4 is 17.7 Å². The maximum Gasteiger partial charge on any atom is 0.223 e. The lowest BCUT2D eigenvalue weighted by Gasteiger charge is -2.21. The van der Waals surface area contributed by atoms with Crippen LogP contribution in [-0.4, -0.2) is 35.7 Å². The van der Waals surface area contributed by atoms with Crippen molar-refractivity contribution in [2.24, 2.45) is 5.92 Å². The van der Waals surface area contributed by atoms with Crippen molar-refractivity contribution in [2.45, 2.75) is 44.6 Å². The van der Waals surface area contributed by atoms with Gasteiger partial charge in [0.2, 0.25) is 5.91 Å². The number of amides is 1. The first kappa shape index (κ1) is 13.8. The Balaban J connectivity index is 2.13. The Labute approximate surface area is 102 Å². The number of hydrogen-bond acceptors (Lipinski definition) is 3.